The first-order chi connectivity index (χ1) is 16.7. The highest BCUT2D eigenvalue weighted by Gasteiger charge is 2.29. The molecule has 3 aromatic rings. The summed E-state index contributed by atoms with van der Waals surface area (Å²) in [5.74, 6) is -0.899. The Morgan fingerprint density at radius 1 is 1.00 bits per heavy atom. The zero-order chi connectivity index (χ0) is 25.2. The number of amides is 2. The van der Waals surface area contributed by atoms with Crippen LogP contribution in [0.1, 0.15) is 23.1 Å². The van der Waals surface area contributed by atoms with Crippen LogP contribution in [0.2, 0.25) is 0 Å². The third kappa shape index (κ3) is 5.41. The average molecular weight is 494 g/mol. The number of anilines is 2. The number of nitrogens with one attached hydrogen (secondary N) is 3. The fourth-order valence-corrected chi connectivity index (χ4v) is 4.45. The van der Waals surface area contributed by atoms with Crippen molar-refractivity contribution in [2.24, 2.45) is 0 Å². The summed E-state index contributed by atoms with van der Waals surface area (Å²) in [5.41, 5.74) is 3.98. The van der Waals surface area contributed by atoms with Gasteiger partial charge in [-0.2, -0.15) is 0 Å². The highest BCUT2D eigenvalue weighted by molar-refractivity contribution is 7.90. The SMILES string of the molecule is CNC(=O)CCc1ccc(/C(Nc2ccc(S(C)(=O)=O)cc2)=C2/C(=O)Nc3cc(F)ccc32)cc1. The molecule has 0 bridgehead atoms. The van der Waals surface area contributed by atoms with Gasteiger partial charge in [0, 0.05) is 31.0 Å². The number of aryl methyl sites for hydroxylation is 1. The van der Waals surface area contributed by atoms with Crippen molar-refractivity contribution in [2.75, 3.05) is 23.9 Å². The number of sulfone groups is 1. The number of fused-ring (bicyclic) bond motifs is 1. The molecule has 2 amide bonds. The molecule has 0 radical (unpaired) electrons. The van der Waals surface area contributed by atoms with Crippen molar-refractivity contribution in [1.29, 1.82) is 0 Å². The quantitative estimate of drug-likeness (QED) is 0.434. The van der Waals surface area contributed by atoms with Gasteiger partial charge in [0.05, 0.1) is 21.9 Å². The lowest BCUT2D eigenvalue weighted by molar-refractivity contribution is -0.120. The summed E-state index contributed by atoms with van der Waals surface area (Å²) < 4.78 is 37.4. The fraction of sp³-hybridized carbons (Fsp3) is 0.154. The lowest BCUT2D eigenvalue weighted by Crippen LogP contribution is -2.17. The molecule has 0 unspecified atom stereocenters. The maximum atomic E-state index is 13.8. The van der Waals surface area contributed by atoms with Gasteiger partial charge in [0.1, 0.15) is 5.82 Å². The molecule has 0 aromatic heterocycles. The molecule has 0 spiro atoms. The minimum Gasteiger partial charge on any atom is -0.359 e. The van der Waals surface area contributed by atoms with E-state index in [2.05, 4.69) is 16.0 Å². The van der Waals surface area contributed by atoms with E-state index in [0.717, 1.165) is 11.8 Å². The second-order valence-electron chi connectivity index (χ2n) is 8.19. The Labute approximate surface area is 203 Å². The van der Waals surface area contributed by atoms with Crippen molar-refractivity contribution < 1.29 is 22.4 Å². The Morgan fingerprint density at radius 2 is 1.69 bits per heavy atom. The molecule has 3 aromatic carbocycles. The molecule has 4 rings (SSSR count). The molecule has 1 aliphatic heterocycles. The van der Waals surface area contributed by atoms with E-state index in [1.165, 1.54) is 24.3 Å². The van der Waals surface area contributed by atoms with Gasteiger partial charge in [-0.1, -0.05) is 24.3 Å². The first-order valence-electron chi connectivity index (χ1n) is 10.9. The number of benzene rings is 3. The van der Waals surface area contributed by atoms with E-state index < -0.39 is 15.7 Å². The lowest BCUT2D eigenvalue weighted by Gasteiger charge is -2.16. The van der Waals surface area contributed by atoms with Crippen LogP contribution in [0.25, 0.3) is 11.3 Å². The number of halogens is 1. The molecule has 0 saturated carbocycles. The Hall–Kier alpha value is -3.98. The van der Waals surface area contributed by atoms with E-state index in [4.69, 9.17) is 0 Å². The molecule has 0 atom stereocenters. The van der Waals surface area contributed by atoms with Gasteiger partial charge < -0.3 is 16.0 Å². The van der Waals surface area contributed by atoms with Crippen LogP contribution < -0.4 is 16.0 Å². The zero-order valence-electron chi connectivity index (χ0n) is 19.2. The summed E-state index contributed by atoms with van der Waals surface area (Å²) in [6.07, 6.45) is 2.05. The summed E-state index contributed by atoms with van der Waals surface area (Å²) >= 11 is 0. The molecule has 3 N–H and O–H groups in total. The van der Waals surface area contributed by atoms with Crippen molar-refractivity contribution in [3.63, 3.8) is 0 Å². The van der Waals surface area contributed by atoms with Crippen molar-refractivity contribution >= 4 is 44.3 Å². The van der Waals surface area contributed by atoms with E-state index in [-0.39, 0.29) is 16.7 Å². The Bertz CT molecular complexity index is 1430. The maximum absolute atomic E-state index is 13.8. The normalized spacial score (nSPS) is 14.2. The summed E-state index contributed by atoms with van der Waals surface area (Å²) in [4.78, 5) is 24.7. The number of hydrogen-bond donors (Lipinski definition) is 3. The largest absolute Gasteiger partial charge is 0.359 e. The van der Waals surface area contributed by atoms with Crippen LogP contribution in [0.4, 0.5) is 15.8 Å². The number of carbonyl (C=O) groups is 2. The monoisotopic (exact) mass is 493 g/mol. The molecule has 1 aliphatic rings. The second-order valence-corrected chi connectivity index (χ2v) is 10.2. The summed E-state index contributed by atoms with van der Waals surface area (Å²) in [6, 6.07) is 17.8. The van der Waals surface area contributed by atoms with Gasteiger partial charge in [0.2, 0.25) is 5.91 Å². The minimum absolute atomic E-state index is 0.0532. The Balaban J connectivity index is 1.76. The number of hydrogen-bond acceptors (Lipinski definition) is 5. The molecule has 7 nitrogen and oxygen atoms in total. The molecule has 35 heavy (non-hydrogen) atoms. The van der Waals surface area contributed by atoms with Gasteiger partial charge in [-0.25, -0.2) is 12.8 Å². The highest BCUT2D eigenvalue weighted by atomic mass is 32.2. The third-order valence-corrected chi connectivity index (χ3v) is 6.82. The second kappa shape index (κ2) is 9.71. The topological polar surface area (TPSA) is 104 Å². The molecule has 0 aliphatic carbocycles. The fourth-order valence-electron chi connectivity index (χ4n) is 3.82. The van der Waals surface area contributed by atoms with Crippen LogP contribution in [0, 0.1) is 5.82 Å². The zero-order valence-corrected chi connectivity index (χ0v) is 20.0. The third-order valence-electron chi connectivity index (χ3n) is 5.69. The van der Waals surface area contributed by atoms with Crippen molar-refractivity contribution in [3.05, 3.63) is 89.2 Å². The predicted octanol–water partition coefficient (Wildman–Crippen LogP) is 3.84. The lowest BCUT2D eigenvalue weighted by atomic mass is 9.98. The standard InChI is InChI=1S/C26H24FN3O4S/c1-28-23(31)14-5-16-3-6-17(7-4-16)25(29-19-9-11-20(12-10-19)35(2,33)34)24-21-13-8-18(27)15-22(21)30-26(24)32/h3-4,6-13,15,29H,5,14H2,1-2H3,(H,28,31)(H,30,32)/b25-24-. The van der Waals surface area contributed by atoms with Crippen molar-refractivity contribution in [1.82, 2.24) is 5.32 Å². The maximum Gasteiger partial charge on any atom is 0.258 e. The van der Waals surface area contributed by atoms with E-state index >= 15 is 0 Å². The summed E-state index contributed by atoms with van der Waals surface area (Å²) in [5, 5.41) is 8.55. The molecule has 0 fully saturated rings. The van der Waals surface area contributed by atoms with E-state index in [9.17, 15) is 22.4 Å². The van der Waals surface area contributed by atoms with Gasteiger partial charge in [-0.05, 0) is 60.0 Å². The van der Waals surface area contributed by atoms with Crippen molar-refractivity contribution in [2.45, 2.75) is 17.7 Å². The van der Waals surface area contributed by atoms with Gasteiger partial charge in [-0.3, -0.25) is 9.59 Å². The van der Waals surface area contributed by atoms with E-state index in [1.54, 1.807) is 25.2 Å². The predicted molar refractivity (Wildman–Crippen MR) is 134 cm³/mol. The molecule has 180 valence electrons. The minimum atomic E-state index is -3.36. The summed E-state index contributed by atoms with van der Waals surface area (Å²) in [7, 11) is -1.76. The molecule has 0 saturated heterocycles. The van der Waals surface area contributed by atoms with E-state index in [1.807, 2.05) is 24.3 Å². The van der Waals surface area contributed by atoms with Gasteiger partial charge >= 0.3 is 0 Å². The van der Waals surface area contributed by atoms with Crippen LogP contribution >= 0.6 is 0 Å². The van der Waals surface area contributed by atoms with Gasteiger partial charge in [0.25, 0.3) is 5.91 Å². The summed E-state index contributed by atoms with van der Waals surface area (Å²) in [6.45, 7) is 0. The molecular formula is C26H24FN3O4S. The van der Waals surface area contributed by atoms with Crippen LogP contribution in [0.3, 0.4) is 0 Å². The van der Waals surface area contributed by atoms with Crippen LogP contribution in [-0.4, -0.2) is 33.5 Å². The highest BCUT2D eigenvalue weighted by Crippen LogP contribution is 2.38. The molecule has 9 heteroatoms. The van der Waals surface area contributed by atoms with Crippen LogP contribution in [0.5, 0.6) is 0 Å². The Kier molecular flexibility index (Phi) is 6.70. The number of carbonyl (C=O) groups excluding carboxylic acids is 2. The first-order valence-corrected chi connectivity index (χ1v) is 12.8. The number of rotatable bonds is 7. The smallest absolute Gasteiger partial charge is 0.258 e. The Morgan fingerprint density at radius 3 is 2.31 bits per heavy atom. The van der Waals surface area contributed by atoms with E-state index in [0.29, 0.717) is 46.6 Å². The first kappa shape index (κ1) is 24.2. The van der Waals surface area contributed by atoms with Gasteiger partial charge in [0.15, 0.2) is 9.84 Å². The average Bonchev–Trinajstić information content (AvgIpc) is 3.15. The van der Waals surface area contributed by atoms with Crippen molar-refractivity contribution in [3.8, 4) is 0 Å². The molecular weight excluding hydrogens is 469 g/mol. The van der Waals surface area contributed by atoms with Crippen LogP contribution in [0.15, 0.2) is 71.6 Å². The van der Waals surface area contributed by atoms with Crippen LogP contribution in [-0.2, 0) is 25.8 Å². The molecule has 1 heterocycles. The van der Waals surface area contributed by atoms with Gasteiger partial charge in [-0.15, -0.1) is 0 Å².